The van der Waals surface area contributed by atoms with Gasteiger partial charge in [-0.25, -0.2) is 0 Å². The van der Waals surface area contributed by atoms with Gasteiger partial charge in [-0.3, -0.25) is 4.79 Å². The minimum absolute atomic E-state index is 0.145. The smallest absolute Gasteiger partial charge is 0.254 e. The quantitative estimate of drug-likeness (QED) is 0.648. The molecule has 0 aliphatic heterocycles. The molecule has 5 nitrogen and oxygen atoms in total. The second-order valence-corrected chi connectivity index (χ2v) is 2.19. The van der Waals surface area contributed by atoms with Crippen LogP contribution in [0.3, 0.4) is 0 Å². The first-order chi connectivity index (χ1) is 5.77. The molecule has 0 fully saturated rings. The first kappa shape index (κ1) is 8.73. The summed E-state index contributed by atoms with van der Waals surface area (Å²) in [5.41, 5.74) is 0. The molecule has 66 valence electrons. The summed E-state index contributed by atoms with van der Waals surface area (Å²) in [6.07, 6.45) is 0. The van der Waals surface area contributed by atoms with E-state index in [9.17, 15) is 4.79 Å². The van der Waals surface area contributed by atoms with Crippen molar-refractivity contribution in [3.05, 3.63) is 11.8 Å². The summed E-state index contributed by atoms with van der Waals surface area (Å²) in [6, 6.07) is 1.46. The van der Waals surface area contributed by atoms with Crippen LogP contribution in [0.4, 0.5) is 0 Å². The normalized spacial score (nSPS) is 9.83. The summed E-state index contributed by atoms with van der Waals surface area (Å²) < 4.78 is 9.45. The molecule has 0 aliphatic rings. The molecule has 0 saturated heterocycles. The third kappa shape index (κ3) is 1.82. The van der Waals surface area contributed by atoms with E-state index < -0.39 is 0 Å². The maximum absolute atomic E-state index is 11.1. The molecule has 12 heavy (non-hydrogen) atoms. The maximum Gasteiger partial charge on any atom is 0.254 e. The Labute approximate surface area is 69.7 Å². The van der Waals surface area contributed by atoms with E-state index in [2.05, 4.69) is 10.5 Å². The van der Waals surface area contributed by atoms with Crippen LogP contribution >= 0.6 is 0 Å². The Morgan fingerprint density at radius 3 is 3.08 bits per heavy atom. The van der Waals surface area contributed by atoms with Crippen molar-refractivity contribution >= 4 is 5.78 Å². The highest BCUT2D eigenvalue weighted by molar-refractivity contribution is 5.95. The number of hydrogen-bond donors (Lipinski definition) is 1. The molecule has 0 spiro atoms. The van der Waals surface area contributed by atoms with Gasteiger partial charge >= 0.3 is 0 Å². The van der Waals surface area contributed by atoms with Crippen LogP contribution in [0.2, 0.25) is 0 Å². The highest BCUT2D eigenvalue weighted by Gasteiger charge is 2.11. The van der Waals surface area contributed by atoms with Crippen molar-refractivity contribution in [2.45, 2.75) is 0 Å². The van der Waals surface area contributed by atoms with Gasteiger partial charge in [-0.15, -0.1) is 0 Å². The lowest BCUT2D eigenvalue weighted by Crippen LogP contribution is -2.17. The van der Waals surface area contributed by atoms with Crippen LogP contribution in [-0.4, -0.2) is 31.6 Å². The molecule has 1 rings (SSSR count). The number of ether oxygens (including phenoxy) is 1. The summed E-state index contributed by atoms with van der Waals surface area (Å²) in [7, 11) is 3.15. The molecule has 0 atom stereocenters. The molecule has 0 radical (unpaired) electrons. The Bertz CT molecular complexity index is 269. The Morgan fingerprint density at radius 1 is 1.83 bits per heavy atom. The Hall–Kier alpha value is -1.36. The van der Waals surface area contributed by atoms with E-state index in [1.165, 1.54) is 13.2 Å². The lowest BCUT2D eigenvalue weighted by Gasteiger charge is -1.91. The van der Waals surface area contributed by atoms with E-state index in [-0.39, 0.29) is 18.1 Å². The first-order valence-electron chi connectivity index (χ1n) is 3.46. The second-order valence-electron chi connectivity index (χ2n) is 2.19. The molecule has 0 bridgehead atoms. The largest absolute Gasteiger partial charge is 0.479 e. The fraction of sp³-hybridized carbons (Fsp3) is 0.429. The number of carbonyl (C=O) groups is 1. The van der Waals surface area contributed by atoms with Gasteiger partial charge in [0.2, 0.25) is 11.5 Å². The van der Waals surface area contributed by atoms with Gasteiger partial charge in [0.1, 0.15) is 0 Å². The summed E-state index contributed by atoms with van der Waals surface area (Å²) in [6.45, 7) is 0.234. The van der Waals surface area contributed by atoms with Crippen LogP contribution in [0.5, 0.6) is 5.88 Å². The van der Waals surface area contributed by atoms with Crippen LogP contribution in [-0.2, 0) is 0 Å². The second kappa shape index (κ2) is 3.87. The number of methoxy groups -OCH3 is 1. The van der Waals surface area contributed by atoms with Crippen molar-refractivity contribution in [3.63, 3.8) is 0 Å². The molecular formula is C7H10N2O3. The van der Waals surface area contributed by atoms with E-state index in [0.717, 1.165) is 0 Å². The van der Waals surface area contributed by atoms with Crippen molar-refractivity contribution in [2.24, 2.45) is 0 Å². The van der Waals surface area contributed by atoms with Gasteiger partial charge in [-0.1, -0.05) is 0 Å². The first-order valence-corrected chi connectivity index (χ1v) is 3.46. The fourth-order valence-electron chi connectivity index (χ4n) is 0.734. The molecule has 0 amide bonds. The number of aromatic nitrogens is 1. The summed E-state index contributed by atoms with van der Waals surface area (Å²) in [4.78, 5) is 11.1. The van der Waals surface area contributed by atoms with Crippen LogP contribution in [0.15, 0.2) is 10.6 Å². The standard InChI is InChI=1S/C7H10N2O3/c1-8-4-5(10)6-3-7(11-2)9-12-6/h3,8H,4H2,1-2H3. The molecule has 0 unspecified atom stereocenters. The van der Waals surface area contributed by atoms with Crippen molar-refractivity contribution in [2.75, 3.05) is 20.7 Å². The van der Waals surface area contributed by atoms with Gasteiger partial charge in [0.25, 0.3) is 5.88 Å². The van der Waals surface area contributed by atoms with Gasteiger partial charge in [-0.2, -0.15) is 0 Å². The minimum Gasteiger partial charge on any atom is -0.479 e. The van der Waals surface area contributed by atoms with Gasteiger partial charge < -0.3 is 14.6 Å². The summed E-state index contributed by atoms with van der Waals surface area (Å²) in [5, 5.41) is 6.21. The molecular weight excluding hydrogens is 160 g/mol. The predicted molar refractivity (Wildman–Crippen MR) is 41.3 cm³/mol. The average Bonchev–Trinajstić information content (AvgIpc) is 2.52. The van der Waals surface area contributed by atoms with Gasteiger partial charge in [-0.05, 0) is 12.2 Å². The van der Waals surface area contributed by atoms with E-state index in [1.807, 2.05) is 0 Å². The molecule has 0 aromatic carbocycles. The van der Waals surface area contributed by atoms with E-state index in [0.29, 0.717) is 5.88 Å². The minimum atomic E-state index is -0.145. The number of nitrogens with one attached hydrogen (secondary N) is 1. The third-order valence-electron chi connectivity index (χ3n) is 1.31. The highest BCUT2D eigenvalue weighted by atomic mass is 16.5. The van der Waals surface area contributed by atoms with Crippen molar-refractivity contribution < 1.29 is 14.1 Å². The van der Waals surface area contributed by atoms with E-state index in [4.69, 9.17) is 9.26 Å². The van der Waals surface area contributed by atoms with Crippen molar-refractivity contribution in [3.8, 4) is 5.88 Å². The topological polar surface area (TPSA) is 64.4 Å². The number of rotatable bonds is 4. The summed E-state index contributed by atoms with van der Waals surface area (Å²) >= 11 is 0. The molecule has 0 saturated carbocycles. The van der Waals surface area contributed by atoms with Crippen LogP contribution < -0.4 is 10.1 Å². The number of nitrogens with zero attached hydrogens (tertiary/aromatic N) is 1. The number of likely N-dealkylation sites (N-methyl/N-ethyl adjacent to an activating group) is 1. The molecule has 5 heteroatoms. The molecule has 1 aromatic heterocycles. The zero-order chi connectivity index (χ0) is 8.97. The SMILES string of the molecule is CNCC(=O)c1cc(OC)no1. The third-order valence-corrected chi connectivity index (χ3v) is 1.31. The zero-order valence-electron chi connectivity index (χ0n) is 6.96. The van der Waals surface area contributed by atoms with Gasteiger partial charge in [0.05, 0.1) is 19.7 Å². The van der Waals surface area contributed by atoms with E-state index in [1.54, 1.807) is 7.05 Å². The number of carbonyl (C=O) groups excluding carboxylic acids is 1. The zero-order valence-corrected chi connectivity index (χ0v) is 6.96. The number of hydrogen-bond acceptors (Lipinski definition) is 5. The Morgan fingerprint density at radius 2 is 2.58 bits per heavy atom. The van der Waals surface area contributed by atoms with Crippen LogP contribution in [0, 0.1) is 0 Å². The number of Topliss-reactive ketones (excluding diaryl/α,β-unsaturated/α-hetero) is 1. The average molecular weight is 170 g/mol. The van der Waals surface area contributed by atoms with E-state index >= 15 is 0 Å². The van der Waals surface area contributed by atoms with Crippen LogP contribution in [0.25, 0.3) is 0 Å². The summed E-state index contributed by atoms with van der Waals surface area (Å²) in [5.74, 6) is 0.379. The van der Waals surface area contributed by atoms with Crippen molar-refractivity contribution in [1.82, 2.24) is 10.5 Å². The fourth-order valence-corrected chi connectivity index (χ4v) is 0.734. The van der Waals surface area contributed by atoms with Crippen molar-refractivity contribution in [1.29, 1.82) is 0 Å². The molecule has 1 N–H and O–H groups in total. The van der Waals surface area contributed by atoms with Gasteiger partial charge in [0, 0.05) is 0 Å². The Balaban J connectivity index is 2.68. The predicted octanol–water partition coefficient (Wildman–Crippen LogP) is 0.0853. The van der Waals surface area contributed by atoms with Gasteiger partial charge in [0.15, 0.2) is 0 Å². The molecule has 1 heterocycles. The van der Waals surface area contributed by atoms with Crippen LogP contribution in [0.1, 0.15) is 10.6 Å². The monoisotopic (exact) mass is 170 g/mol. The molecule has 0 aliphatic carbocycles. The Kier molecular flexibility index (Phi) is 2.82. The number of ketones is 1. The lowest BCUT2D eigenvalue weighted by atomic mass is 10.3. The maximum atomic E-state index is 11.1. The highest BCUT2D eigenvalue weighted by Crippen LogP contribution is 2.10. The molecule has 1 aromatic rings. The lowest BCUT2D eigenvalue weighted by molar-refractivity contribution is 0.0958.